The number of allylic oxidation sites excluding steroid dienone is 1. The fourth-order valence-electron chi connectivity index (χ4n) is 0.531. The molecule has 0 aliphatic heterocycles. The van der Waals surface area contributed by atoms with E-state index in [9.17, 15) is 9.59 Å². The number of rotatable bonds is 3. The first-order valence-electron chi connectivity index (χ1n) is 3.74. The summed E-state index contributed by atoms with van der Waals surface area (Å²) in [4.78, 5) is 21.5. The van der Waals surface area contributed by atoms with Crippen molar-refractivity contribution in [2.75, 3.05) is 0 Å². The van der Waals surface area contributed by atoms with Gasteiger partial charge in [0.05, 0.1) is 5.57 Å². The number of carboxylic acids is 1. The Labute approximate surface area is 76.9 Å². The van der Waals surface area contributed by atoms with Gasteiger partial charge in [-0.1, -0.05) is 6.58 Å². The normalized spacial score (nSPS) is 11.6. The summed E-state index contributed by atoms with van der Waals surface area (Å²) in [6.07, 6.45) is 0. The van der Waals surface area contributed by atoms with E-state index in [4.69, 9.17) is 5.11 Å². The molecule has 1 amide bonds. The second kappa shape index (κ2) is 4.45. The zero-order valence-corrected chi connectivity index (χ0v) is 7.97. The Morgan fingerprint density at radius 1 is 1.23 bits per heavy atom. The van der Waals surface area contributed by atoms with Gasteiger partial charge in [0.15, 0.2) is 0 Å². The molecule has 4 nitrogen and oxygen atoms in total. The highest BCUT2D eigenvalue weighted by atomic mass is 16.4. The fourth-order valence-corrected chi connectivity index (χ4v) is 0.531. The summed E-state index contributed by atoms with van der Waals surface area (Å²) in [5.74, 6) is -1.40. The maximum Gasteiger partial charge on any atom is 0.333 e. The van der Waals surface area contributed by atoms with E-state index < -0.39 is 5.97 Å². The maximum atomic E-state index is 11.0. The van der Waals surface area contributed by atoms with Crippen molar-refractivity contribution in [2.45, 2.75) is 20.8 Å². The van der Waals surface area contributed by atoms with Gasteiger partial charge in [0.1, 0.15) is 0 Å². The van der Waals surface area contributed by atoms with Crippen molar-refractivity contribution in [3.05, 3.63) is 23.4 Å². The lowest BCUT2D eigenvalue weighted by Crippen LogP contribution is -2.23. The molecule has 0 radical (unpaired) electrons. The van der Waals surface area contributed by atoms with E-state index >= 15 is 0 Å². The first-order chi connectivity index (χ1) is 5.86. The summed E-state index contributed by atoms with van der Waals surface area (Å²) in [6.45, 7) is 7.94. The second-order valence-corrected chi connectivity index (χ2v) is 2.79. The van der Waals surface area contributed by atoms with Gasteiger partial charge in [0.25, 0.3) is 0 Å². The third-order valence-electron chi connectivity index (χ3n) is 1.57. The predicted molar refractivity (Wildman–Crippen MR) is 49.0 cm³/mol. The van der Waals surface area contributed by atoms with Crippen LogP contribution in [0.1, 0.15) is 20.8 Å². The minimum Gasteiger partial charge on any atom is -0.478 e. The maximum absolute atomic E-state index is 11.0. The van der Waals surface area contributed by atoms with Gasteiger partial charge in [-0.15, -0.1) is 0 Å². The third kappa shape index (κ3) is 3.55. The van der Waals surface area contributed by atoms with Crippen LogP contribution in [-0.4, -0.2) is 17.0 Å². The smallest absolute Gasteiger partial charge is 0.333 e. The molecule has 72 valence electrons. The summed E-state index contributed by atoms with van der Waals surface area (Å²) in [6, 6.07) is 0. The van der Waals surface area contributed by atoms with Crippen LogP contribution in [0.4, 0.5) is 0 Å². The average Bonchev–Trinajstić information content (AvgIpc) is 2.02. The first-order valence-corrected chi connectivity index (χ1v) is 3.74. The molecule has 0 unspecified atom stereocenters. The van der Waals surface area contributed by atoms with Crippen LogP contribution in [0.5, 0.6) is 0 Å². The molecule has 0 rings (SSSR count). The van der Waals surface area contributed by atoms with Crippen molar-refractivity contribution in [1.29, 1.82) is 0 Å². The van der Waals surface area contributed by atoms with Crippen molar-refractivity contribution >= 4 is 11.9 Å². The van der Waals surface area contributed by atoms with E-state index in [1.54, 1.807) is 6.92 Å². The van der Waals surface area contributed by atoms with Crippen LogP contribution in [0.25, 0.3) is 0 Å². The third-order valence-corrected chi connectivity index (χ3v) is 1.57. The number of nitrogens with one attached hydrogen (secondary N) is 1. The Morgan fingerprint density at radius 3 is 2.00 bits per heavy atom. The number of carboxylic acid groups (broad SMARTS) is 1. The van der Waals surface area contributed by atoms with E-state index in [1.807, 2.05) is 0 Å². The quantitative estimate of drug-likeness (QED) is 0.643. The number of aliphatic carboxylic acids is 1. The molecule has 2 N–H and O–H groups in total. The van der Waals surface area contributed by atoms with Crippen LogP contribution in [0, 0.1) is 0 Å². The molecule has 0 heterocycles. The van der Waals surface area contributed by atoms with Gasteiger partial charge < -0.3 is 10.4 Å². The van der Waals surface area contributed by atoms with E-state index in [0.29, 0.717) is 11.3 Å². The van der Waals surface area contributed by atoms with Crippen LogP contribution < -0.4 is 5.32 Å². The minimum absolute atomic E-state index is 0.120. The summed E-state index contributed by atoms with van der Waals surface area (Å²) in [5.41, 5.74) is 0.799. The van der Waals surface area contributed by atoms with E-state index in [-0.39, 0.29) is 11.5 Å². The fraction of sp³-hybridized carbons (Fsp3) is 0.333. The zero-order valence-electron chi connectivity index (χ0n) is 7.97. The number of carbonyl (C=O) groups excluding carboxylic acids is 1. The van der Waals surface area contributed by atoms with Crippen LogP contribution in [0.3, 0.4) is 0 Å². The Hall–Kier alpha value is -1.58. The Bertz CT molecular complexity index is 289. The van der Waals surface area contributed by atoms with Gasteiger partial charge in [-0.25, -0.2) is 4.79 Å². The molecular formula is C9H13NO3. The monoisotopic (exact) mass is 183 g/mol. The van der Waals surface area contributed by atoms with Crippen molar-refractivity contribution in [2.24, 2.45) is 0 Å². The predicted octanol–water partition coefficient (Wildman–Crippen LogP) is 1.06. The van der Waals surface area contributed by atoms with E-state index in [1.165, 1.54) is 13.8 Å². The standard InChI is InChI=1S/C9H13NO3/c1-5(2)8(11)10-7(4)6(3)9(12)13/h1H2,2-4H3,(H,10,11)(H,12,13). The summed E-state index contributed by atoms with van der Waals surface area (Å²) >= 11 is 0. The lowest BCUT2D eigenvalue weighted by Gasteiger charge is -2.06. The van der Waals surface area contributed by atoms with Crippen molar-refractivity contribution in [3.63, 3.8) is 0 Å². The molecule has 0 aromatic carbocycles. The molecule has 0 fully saturated rings. The number of amides is 1. The molecule has 0 bridgehead atoms. The molecule has 13 heavy (non-hydrogen) atoms. The molecule has 0 atom stereocenters. The number of hydrogen-bond acceptors (Lipinski definition) is 2. The van der Waals surface area contributed by atoms with Crippen LogP contribution in [0.15, 0.2) is 23.4 Å². The topological polar surface area (TPSA) is 66.4 Å². The Morgan fingerprint density at radius 2 is 1.69 bits per heavy atom. The number of carbonyl (C=O) groups is 2. The summed E-state index contributed by atoms with van der Waals surface area (Å²) in [7, 11) is 0. The average molecular weight is 183 g/mol. The van der Waals surface area contributed by atoms with Gasteiger partial charge in [-0.2, -0.15) is 0 Å². The van der Waals surface area contributed by atoms with Gasteiger partial charge >= 0.3 is 5.97 Å². The molecule has 0 aliphatic carbocycles. The Balaban J connectivity index is 4.55. The highest BCUT2D eigenvalue weighted by Gasteiger charge is 2.08. The SMILES string of the molecule is C=C(C)C(=O)NC(C)=C(C)C(=O)O. The molecular weight excluding hydrogens is 170 g/mol. The first kappa shape index (κ1) is 11.4. The highest BCUT2D eigenvalue weighted by molar-refractivity contribution is 5.95. The van der Waals surface area contributed by atoms with Gasteiger partial charge in [0, 0.05) is 11.3 Å². The van der Waals surface area contributed by atoms with Crippen molar-refractivity contribution in [3.8, 4) is 0 Å². The molecule has 0 aliphatic rings. The molecule has 0 aromatic heterocycles. The zero-order chi connectivity index (χ0) is 10.6. The highest BCUT2D eigenvalue weighted by Crippen LogP contribution is 2.00. The minimum atomic E-state index is -1.04. The van der Waals surface area contributed by atoms with Crippen LogP contribution >= 0.6 is 0 Å². The van der Waals surface area contributed by atoms with Gasteiger partial charge in [0.2, 0.25) is 5.91 Å². The van der Waals surface area contributed by atoms with Crippen LogP contribution in [0.2, 0.25) is 0 Å². The largest absolute Gasteiger partial charge is 0.478 e. The van der Waals surface area contributed by atoms with E-state index in [0.717, 1.165) is 0 Å². The molecule has 0 spiro atoms. The lowest BCUT2D eigenvalue weighted by atomic mass is 10.2. The van der Waals surface area contributed by atoms with Gasteiger partial charge in [-0.3, -0.25) is 4.79 Å². The van der Waals surface area contributed by atoms with E-state index in [2.05, 4.69) is 11.9 Å². The summed E-state index contributed by atoms with van der Waals surface area (Å²) in [5, 5.41) is 11.0. The van der Waals surface area contributed by atoms with Crippen LogP contribution in [-0.2, 0) is 9.59 Å². The Kier molecular flexibility index (Phi) is 3.91. The van der Waals surface area contributed by atoms with Crippen molar-refractivity contribution in [1.82, 2.24) is 5.32 Å². The molecule has 0 saturated carbocycles. The molecule has 0 saturated heterocycles. The molecule has 0 aromatic rings. The molecule has 4 heteroatoms. The number of hydrogen-bond donors (Lipinski definition) is 2. The van der Waals surface area contributed by atoms with Gasteiger partial charge in [-0.05, 0) is 20.8 Å². The summed E-state index contributed by atoms with van der Waals surface area (Å²) < 4.78 is 0. The van der Waals surface area contributed by atoms with Crippen molar-refractivity contribution < 1.29 is 14.7 Å². The lowest BCUT2D eigenvalue weighted by molar-refractivity contribution is -0.132. The second-order valence-electron chi connectivity index (χ2n) is 2.79.